The van der Waals surface area contributed by atoms with E-state index in [1.165, 1.54) is 19.3 Å². The van der Waals surface area contributed by atoms with E-state index in [0.29, 0.717) is 5.54 Å². The summed E-state index contributed by atoms with van der Waals surface area (Å²) in [5.41, 5.74) is 0.641. The van der Waals surface area contributed by atoms with Crippen LogP contribution in [0.15, 0.2) is 0 Å². The van der Waals surface area contributed by atoms with Gasteiger partial charge in [0.25, 0.3) is 0 Å². The molecule has 0 saturated heterocycles. The van der Waals surface area contributed by atoms with E-state index < -0.39 is 8.07 Å². The Labute approximate surface area is 89.5 Å². The van der Waals surface area contributed by atoms with Gasteiger partial charge in [-0.2, -0.15) is 0 Å². The minimum absolute atomic E-state index is 0.202. The van der Waals surface area contributed by atoms with Crippen LogP contribution in [-0.2, 0) is 4.79 Å². The van der Waals surface area contributed by atoms with Crippen molar-refractivity contribution in [2.45, 2.75) is 57.8 Å². The first-order valence-corrected chi connectivity index (χ1v) is 9.20. The molecule has 0 aliphatic heterocycles. The Morgan fingerprint density at radius 3 is 2.29 bits per heavy atom. The molecule has 0 aromatic carbocycles. The lowest BCUT2D eigenvalue weighted by Crippen LogP contribution is -2.32. The number of amides is 1. The second-order valence-electron chi connectivity index (χ2n) is 5.08. The van der Waals surface area contributed by atoms with Crippen molar-refractivity contribution in [3.8, 4) is 0 Å². The molecule has 1 unspecified atom stereocenters. The van der Waals surface area contributed by atoms with Crippen LogP contribution in [0, 0.1) is 0 Å². The lowest BCUT2D eigenvalue weighted by Gasteiger charge is -2.28. The molecule has 0 spiro atoms. The zero-order chi connectivity index (χ0) is 11.2. The standard InChI is InChI=1S/C11H25NOSi/c1-6-7-8-10(14(3,4)5)9-11(13)12-2/h10H,6-9H2,1-5H3,(H,12,13). The third kappa shape index (κ3) is 5.42. The summed E-state index contributed by atoms with van der Waals surface area (Å²) in [5, 5.41) is 2.73. The highest BCUT2D eigenvalue weighted by Crippen LogP contribution is 2.30. The lowest BCUT2D eigenvalue weighted by molar-refractivity contribution is -0.120. The Balaban J connectivity index is 4.18. The molecule has 0 saturated carbocycles. The van der Waals surface area contributed by atoms with Gasteiger partial charge < -0.3 is 5.32 Å². The van der Waals surface area contributed by atoms with Gasteiger partial charge >= 0.3 is 0 Å². The Morgan fingerprint density at radius 2 is 1.93 bits per heavy atom. The van der Waals surface area contributed by atoms with Crippen molar-refractivity contribution in [2.75, 3.05) is 7.05 Å². The van der Waals surface area contributed by atoms with Crippen molar-refractivity contribution in [3.05, 3.63) is 0 Å². The maximum Gasteiger partial charge on any atom is 0.219 e. The van der Waals surface area contributed by atoms with E-state index in [9.17, 15) is 4.79 Å². The van der Waals surface area contributed by atoms with Gasteiger partial charge in [-0.15, -0.1) is 0 Å². The van der Waals surface area contributed by atoms with Gasteiger partial charge in [0.15, 0.2) is 0 Å². The molecule has 1 N–H and O–H groups in total. The van der Waals surface area contributed by atoms with E-state index >= 15 is 0 Å². The van der Waals surface area contributed by atoms with E-state index in [1.54, 1.807) is 7.05 Å². The minimum Gasteiger partial charge on any atom is -0.359 e. The Hall–Kier alpha value is -0.313. The summed E-state index contributed by atoms with van der Waals surface area (Å²) in [6.07, 6.45) is 4.44. The molecular weight excluding hydrogens is 190 g/mol. The lowest BCUT2D eigenvalue weighted by atomic mass is 10.1. The highest BCUT2D eigenvalue weighted by atomic mass is 28.3. The fraction of sp³-hybridized carbons (Fsp3) is 0.909. The topological polar surface area (TPSA) is 29.1 Å². The smallest absolute Gasteiger partial charge is 0.219 e. The van der Waals surface area contributed by atoms with Crippen LogP contribution in [0.4, 0.5) is 0 Å². The van der Waals surface area contributed by atoms with E-state index in [-0.39, 0.29) is 5.91 Å². The fourth-order valence-corrected chi connectivity index (χ4v) is 3.49. The van der Waals surface area contributed by atoms with Crippen LogP contribution in [-0.4, -0.2) is 21.0 Å². The highest BCUT2D eigenvalue weighted by Gasteiger charge is 2.27. The van der Waals surface area contributed by atoms with Gasteiger partial charge in [0, 0.05) is 21.5 Å². The first kappa shape index (κ1) is 13.7. The molecule has 0 rings (SSSR count). The predicted octanol–water partition coefficient (Wildman–Crippen LogP) is 3.02. The quantitative estimate of drug-likeness (QED) is 0.678. The van der Waals surface area contributed by atoms with Crippen molar-refractivity contribution in [1.82, 2.24) is 5.32 Å². The number of nitrogens with one attached hydrogen (secondary N) is 1. The van der Waals surface area contributed by atoms with Crippen LogP contribution in [0.3, 0.4) is 0 Å². The zero-order valence-electron chi connectivity index (χ0n) is 10.3. The average molecular weight is 215 g/mol. The Bertz CT molecular complexity index is 175. The van der Waals surface area contributed by atoms with Gasteiger partial charge in [0.1, 0.15) is 0 Å². The molecule has 0 radical (unpaired) electrons. The predicted molar refractivity (Wildman–Crippen MR) is 65.3 cm³/mol. The third-order valence-corrected chi connectivity index (χ3v) is 5.78. The fourth-order valence-electron chi connectivity index (χ4n) is 1.62. The number of hydrogen-bond acceptors (Lipinski definition) is 1. The molecule has 1 amide bonds. The zero-order valence-corrected chi connectivity index (χ0v) is 11.3. The summed E-state index contributed by atoms with van der Waals surface area (Å²) in [6, 6.07) is 0. The maximum absolute atomic E-state index is 11.3. The van der Waals surface area contributed by atoms with E-state index in [1.807, 2.05) is 0 Å². The van der Waals surface area contributed by atoms with Crippen LogP contribution in [0.1, 0.15) is 32.6 Å². The monoisotopic (exact) mass is 215 g/mol. The number of rotatable bonds is 6. The first-order chi connectivity index (χ1) is 6.41. The summed E-state index contributed by atoms with van der Waals surface area (Å²) < 4.78 is 0. The third-order valence-electron chi connectivity index (χ3n) is 2.84. The second kappa shape index (κ2) is 6.22. The molecule has 14 heavy (non-hydrogen) atoms. The highest BCUT2D eigenvalue weighted by molar-refractivity contribution is 6.77. The number of hydrogen-bond donors (Lipinski definition) is 1. The molecular formula is C11H25NOSi. The minimum atomic E-state index is -1.16. The molecule has 0 aromatic heterocycles. The summed E-state index contributed by atoms with van der Waals surface area (Å²) in [6.45, 7) is 9.28. The molecule has 84 valence electrons. The molecule has 0 aromatic rings. The maximum atomic E-state index is 11.3. The molecule has 0 bridgehead atoms. The molecule has 0 fully saturated rings. The number of unbranched alkanes of at least 4 members (excludes halogenated alkanes) is 1. The van der Waals surface area contributed by atoms with Crippen LogP contribution in [0.25, 0.3) is 0 Å². The van der Waals surface area contributed by atoms with E-state index in [0.717, 1.165) is 6.42 Å². The molecule has 3 heteroatoms. The van der Waals surface area contributed by atoms with Crippen molar-refractivity contribution < 1.29 is 4.79 Å². The van der Waals surface area contributed by atoms with Crippen LogP contribution in [0.2, 0.25) is 25.2 Å². The van der Waals surface area contributed by atoms with Crippen molar-refractivity contribution >= 4 is 14.0 Å². The van der Waals surface area contributed by atoms with E-state index in [2.05, 4.69) is 31.9 Å². The van der Waals surface area contributed by atoms with E-state index in [4.69, 9.17) is 0 Å². The SMILES string of the molecule is CCCCC(CC(=O)NC)[Si](C)(C)C. The van der Waals surface area contributed by atoms with Crippen molar-refractivity contribution in [3.63, 3.8) is 0 Å². The molecule has 0 heterocycles. The molecule has 0 aliphatic carbocycles. The van der Waals surface area contributed by atoms with Crippen LogP contribution in [0.5, 0.6) is 0 Å². The first-order valence-electron chi connectivity index (χ1n) is 5.62. The van der Waals surface area contributed by atoms with Crippen LogP contribution >= 0.6 is 0 Å². The van der Waals surface area contributed by atoms with Crippen molar-refractivity contribution in [1.29, 1.82) is 0 Å². The van der Waals surface area contributed by atoms with Crippen LogP contribution < -0.4 is 5.32 Å². The molecule has 0 aliphatic rings. The van der Waals surface area contributed by atoms with Gasteiger partial charge in [-0.1, -0.05) is 45.8 Å². The number of carbonyl (C=O) groups is 1. The summed E-state index contributed by atoms with van der Waals surface area (Å²) in [4.78, 5) is 11.3. The Morgan fingerprint density at radius 1 is 1.36 bits per heavy atom. The Kier molecular flexibility index (Phi) is 6.08. The summed E-state index contributed by atoms with van der Waals surface area (Å²) in [7, 11) is 0.562. The normalized spacial score (nSPS) is 13.8. The summed E-state index contributed by atoms with van der Waals surface area (Å²) in [5.74, 6) is 0.202. The molecule has 2 nitrogen and oxygen atoms in total. The van der Waals surface area contributed by atoms with Gasteiger partial charge in [-0.25, -0.2) is 0 Å². The molecule has 1 atom stereocenters. The summed E-state index contributed by atoms with van der Waals surface area (Å²) >= 11 is 0. The van der Waals surface area contributed by atoms with Crippen molar-refractivity contribution in [2.24, 2.45) is 0 Å². The second-order valence-corrected chi connectivity index (χ2v) is 10.6. The van der Waals surface area contributed by atoms with Gasteiger partial charge in [-0.3, -0.25) is 4.79 Å². The van der Waals surface area contributed by atoms with Gasteiger partial charge in [0.2, 0.25) is 5.91 Å². The number of carbonyl (C=O) groups excluding carboxylic acids is 1. The van der Waals surface area contributed by atoms with Gasteiger partial charge in [-0.05, 0) is 5.54 Å². The van der Waals surface area contributed by atoms with Gasteiger partial charge in [0.05, 0.1) is 0 Å². The average Bonchev–Trinajstić information content (AvgIpc) is 2.09. The largest absolute Gasteiger partial charge is 0.359 e.